The highest BCUT2D eigenvalue weighted by Gasteiger charge is 2.13. The first-order valence-corrected chi connectivity index (χ1v) is 6.07. The Balaban J connectivity index is 2.10. The fourth-order valence-electron chi connectivity index (χ4n) is 1.58. The van der Waals surface area contributed by atoms with Crippen molar-refractivity contribution in [3.63, 3.8) is 0 Å². The van der Waals surface area contributed by atoms with Gasteiger partial charge in [0.25, 0.3) is 5.91 Å². The van der Waals surface area contributed by atoms with E-state index in [1.807, 2.05) is 0 Å². The summed E-state index contributed by atoms with van der Waals surface area (Å²) in [5, 5.41) is 14.7. The number of rotatable bonds is 3. The average molecular weight is 289 g/mol. The molecule has 108 valence electrons. The summed E-state index contributed by atoms with van der Waals surface area (Å²) in [5.41, 5.74) is 0.292. The summed E-state index contributed by atoms with van der Waals surface area (Å²) in [6.45, 7) is 1.35. The van der Waals surface area contributed by atoms with Crippen LogP contribution in [-0.2, 0) is 6.54 Å². The lowest BCUT2D eigenvalue weighted by Crippen LogP contribution is -2.24. The van der Waals surface area contributed by atoms with Gasteiger partial charge in [0.15, 0.2) is 5.82 Å². The summed E-state index contributed by atoms with van der Waals surface area (Å²) < 4.78 is 18.5. The molecular weight excluding hydrogens is 277 g/mol. The Labute approximate surface area is 120 Å². The van der Waals surface area contributed by atoms with Crippen LogP contribution in [0.3, 0.4) is 0 Å². The maximum Gasteiger partial charge on any atom is 0.254 e. The molecule has 0 unspecified atom stereocenters. The first kappa shape index (κ1) is 14.7. The SMILES string of the molecule is Cc1noc(CNC(=O)c2cc(C#CCO)ccc2F)n1. The minimum Gasteiger partial charge on any atom is -0.384 e. The van der Waals surface area contributed by atoms with Gasteiger partial charge in [-0.25, -0.2) is 4.39 Å². The molecule has 1 aromatic carbocycles. The Kier molecular flexibility index (Phi) is 4.64. The van der Waals surface area contributed by atoms with Gasteiger partial charge in [-0.3, -0.25) is 4.79 Å². The molecule has 0 radical (unpaired) electrons. The van der Waals surface area contributed by atoms with E-state index in [4.69, 9.17) is 9.63 Å². The molecule has 0 bridgehead atoms. The third-order valence-corrected chi connectivity index (χ3v) is 2.49. The third kappa shape index (κ3) is 3.87. The number of aromatic nitrogens is 2. The van der Waals surface area contributed by atoms with Crippen LogP contribution >= 0.6 is 0 Å². The molecule has 0 fully saturated rings. The number of aliphatic hydroxyl groups excluding tert-OH is 1. The number of aryl methyl sites for hydroxylation is 1. The monoisotopic (exact) mass is 289 g/mol. The first-order valence-electron chi connectivity index (χ1n) is 6.07. The summed E-state index contributed by atoms with van der Waals surface area (Å²) in [6.07, 6.45) is 0. The predicted octanol–water partition coefficient (Wildman–Crippen LogP) is 0.791. The Morgan fingerprint density at radius 1 is 1.52 bits per heavy atom. The molecule has 0 aliphatic carbocycles. The second kappa shape index (κ2) is 6.63. The molecule has 6 nitrogen and oxygen atoms in total. The number of nitrogens with one attached hydrogen (secondary N) is 1. The van der Waals surface area contributed by atoms with Crippen molar-refractivity contribution < 1.29 is 18.8 Å². The highest BCUT2D eigenvalue weighted by Crippen LogP contribution is 2.10. The van der Waals surface area contributed by atoms with Gasteiger partial charge in [-0.15, -0.1) is 0 Å². The summed E-state index contributed by atoms with van der Waals surface area (Å²) in [5.74, 6) is 4.44. The van der Waals surface area contributed by atoms with Crippen molar-refractivity contribution in [2.24, 2.45) is 0 Å². The standard InChI is InChI=1S/C14H12FN3O3/c1-9-17-13(21-18-9)8-16-14(20)11-7-10(3-2-6-19)4-5-12(11)15/h4-5,7,19H,6,8H2,1H3,(H,16,20). The molecule has 7 heteroatoms. The normalized spacial score (nSPS) is 9.86. The highest BCUT2D eigenvalue weighted by atomic mass is 19.1. The van der Waals surface area contributed by atoms with Gasteiger partial charge in [-0.2, -0.15) is 4.98 Å². The molecular formula is C14H12FN3O3. The Bertz CT molecular complexity index is 716. The first-order chi connectivity index (χ1) is 10.1. The molecule has 0 atom stereocenters. The van der Waals surface area contributed by atoms with Crippen molar-refractivity contribution in [3.05, 3.63) is 46.9 Å². The number of aliphatic hydroxyl groups is 1. The molecule has 0 aliphatic rings. The number of carbonyl (C=O) groups is 1. The van der Waals surface area contributed by atoms with E-state index in [9.17, 15) is 9.18 Å². The predicted molar refractivity (Wildman–Crippen MR) is 70.6 cm³/mol. The van der Waals surface area contributed by atoms with Crippen LogP contribution < -0.4 is 5.32 Å². The number of hydrogen-bond donors (Lipinski definition) is 2. The van der Waals surface area contributed by atoms with Gasteiger partial charge in [0.2, 0.25) is 5.89 Å². The number of benzene rings is 1. The number of halogens is 1. The van der Waals surface area contributed by atoms with Crippen LogP contribution in [0.4, 0.5) is 4.39 Å². The van der Waals surface area contributed by atoms with Crippen LogP contribution in [0.5, 0.6) is 0 Å². The van der Waals surface area contributed by atoms with E-state index in [1.54, 1.807) is 6.92 Å². The molecule has 0 saturated heterocycles. The van der Waals surface area contributed by atoms with E-state index in [-0.39, 0.29) is 24.6 Å². The minimum absolute atomic E-state index is 0.00561. The summed E-state index contributed by atoms with van der Waals surface area (Å²) >= 11 is 0. The number of amides is 1. The van der Waals surface area contributed by atoms with Gasteiger partial charge < -0.3 is 14.9 Å². The second-order valence-electron chi connectivity index (χ2n) is 4.07. The maximum atomic E-state index is 13.7. The molecule has 2 N–H and O–H groups in total. The molecule has 1 aromatic heterocycles. The van der Waals surface area contributed by atoms with Crippen molar-refractivity contribution in [2.75, 3.05) is 6.61 Å². The fraction of sp³-hybridized carbons (Fsp3) is 0.214. The molecule has 21 heavy (non-hydrogen) atoms. The van der Waals surface area contributed by atoms with Crippen LogP contribution in [0.2, 0.25) is 0 Å². The topological polar surface area (TPSA) is 88.2 Å². The van der Waals surface area contributed by atoms with Crippen LogP contribution in [0.25, 0.3) is 0 Å². The summed E-state index contributed by atoms with van der Waals surface area (Å²) in [6, 6.07) is 3.88. The molecule has 2 aromatic rings. The van der Waals surface area contributed by atoms with E-state index < -0.39 is 11.7 Å². The van der Waals surface area contributed by atoms with Gasteiger partial charge in [-0.1, -0.05) is 17.0 Å². The fourth-order valence-corrected chi connectivity index (χ4v) is 1.58. The molecule has 1 amide bonds. The van der Waals surface area contributed by atoms with E-state index in [0.29, 0.717) is 11.4 Å². The van der Waals surface area contributed by atoms with Crippen molar-refractivity contribution >= 4 is 5.91 Å². The lowest BCUT2D eigenvalue weighted by molar-refractivity contribution is 0.0942. The van der Waals surface area contributed by atoms with E-state index >= 15 is 0 Å². The van der Waals surface area contributed by atoms with Crippen LogP contribution in [-0.4, -0.2) is 27.8 Å². The average Bonchev–Trinajstić information content (AvgIpc) is 2.89. The summed E-state index contributed by atoms with van der Waals surface area (Å²) in [4.78, 5) is 15.9. The molecule has 2 rings (SSSR count). The Morgan fingerprint density at radius 2 is 2.33 bits per heavy atom. The number of hydrogen-bond acceptors (Lipinski definition) is 5. The zero-order chi connectivity index (χ0) is 15.2. The zero-order valence-corrected chi connectivity index (χ0v) is 11.2. The lowest BCUT2D eigenvalue weighted by Gasteiger charge is -2.04. The zero-order valence-electron chi connectivity index (χ0n) is 11.2. The van der Waals surface area contributed by atoms with E-state index in [1.165, 1.54) is 12.1 Å². The number of carbonyl (C=O) groups excluding carboxylic acids is 1. The largest absolute Gasteiger partial charge is 0.384 e. The van der Waals surface area contributed by atoms with Gasteiger partial charge >= 0.3 is 0 Å². The lowest BCUT2D eigenvalue weighted by atomic mass is 10.1. The van der Waals surface area contributed by atoms with E-state index in [2.05, 4.69) is 27.3 Å². The van der Waals surface area contributed by atoms with Gasteiger partial charge in [0.05, 0.1) is 12.1 Å². The molecule has 0 aliphatic heterocycles. The number of nitrogens with zero attached hydrogens (tertiary/aromatic N) is 2. The highest BCUT2D eigenvalue weighted by molar-refractivity contribution is 5.94. The Hall–Kier alpha value is -2.72. The van der Waals surface area contributed by atoms with E-state index in [0.717, 1.165) is 6.07 Å². The van der Waals surface area contributed by atoms with Crippen molar-refractivity contribution in [2.45, 2.75) is 13.5 Å². The minimum atomic E-state index is -0.663. The van der Waals surface area contributed by atoms with Crippen LogP contribution in [0, 0.1) is 24.6 Å². The van der Waals surface area contributed by atoms with Crippen molar-refractivity contribution in [1.82, 2.24) is 15.5 Å². The molecule has 1 heterocycles. The quantitative estimate of drug-likeness (QED) is 0.816. The van der Waals surface area contributed by atoms with Crippen molar-refractivity contribution in [3.8, 4) is 11.8 Å². The molecule has 0 saturated carbocycles. The van der Waals surface area contributed by atoms with Gasteiger partial charge in [-0.05, 0) is 25.1 Å². The van der Waals surface area contributed by atoms with Crippen LogP contribution in [0.15, 0.2) is 22.7 Å². The maximum absolute atomic E-state index is 13.7. The second-order valence-corrected chi connectivity index (χ2v) is 4.07. The Morgan fingerprint density at radius 3 is 3.00 bits per heavy atom. The van der Waals surface area contributed by atoms with Gasteiger partial charge in [0, 0.05) is 5.56 Å². The van der Waals surface area contributed by atoms with Gasteiger partial charge in [0.1, 0.15) is 12.4 Å². The van der Waals surface area contributed by atoms with Crippen LogP contribution in [0.1, 0.15) is 27.6 Å². The molecule has 0 spiro atoms. The van der Waals surface area contributed by atoms with Crippen molar-refractivity contribution in [1.29, 1.82) is 0 Å². The smallest absolute Gasteiger partial charge is 0.254 e. The third-order valence-electron chi connectivity index (χ3n) is 2.49. The summed E-state index contributed by atoms with van der Waals surface area (Å²) in [7, 11) is 0.